The molecule has 1 aliphatic heterocycles. The number of nitrogens with zero attached hydrogens (tertiary/aromatic N) is 1. The molecule has 30 heavy (non-hydrogen) atoms. The van der Waals surface area contributed by atoms with Crippen LogP contribution in [0.4, 0.5) is 5.69 Å². The van der Waals surface area contributed by atoms with Crippen LogP contribution >= 0.6 is 0 Å². The van der Waals surface area contributed by atoms with Crippen molar-refractivity contribution in [2.75, 3.05) is 19.0 Å². The highest BCUT2D eigenvalue weighted by molar-refractivity contribution is 6.21. The monoisotopic (exact) mass is 410 g/mol. The Balaban J connectivity index is 1.43. The van der Waals surface area contributed by atoms with Gasteiger partial charge in [-0.3, -0.25) is 24.1 Å². The Morgan fingerprint density at radius 1 is 1.00 bits per heavy atom. The molecule has 1 N–H and O–H groups in total. The van der Waals surface area contributed by atoms with E-state index >= 15 is 0 Å². The van der Waals surface area contributed by atoms with Crippen molar-refractivity contribution in [1.29, 1.82) is 0 Å². The first kappa shape index (κ1) is 21.0. The number of hydrogen-bond acceptors (Lipinski definition) is 6. The number of ether oxygens (including phenoxy) is 2. The number of nitrogens with one attached hydrogen (secondary N) is 1. The number of carbonyl (C=O) groups is 4. The number of imide groups is 1. The molecule has 0 bridgehead atoms. The van der Waals surface area contributed by atoms with E-state index in [4.69, 9.17) is 9.47 Å². The second kappa shape index (κ2) is 9.21. The molecule has 2 aromatic carbocycles. The minimum Gasteiger partial charge on any atom is -0.497 e. The van der Waals surface area contributed by atoms with Crippen LogP contribution in [-0.4, -0.2) is 48.3 Å². The third-order valence-corrected chi connectivity index (χ3v) is 4.68. The molecule has 1 atom stereocenters. The first-order chi connectivity index (χ1) is 14.4. The number of rotatable bonds is 8. The number of methoxy groups -OCH3 is 1. The zero-order valence-corrected chi connectivity index (χ0v) is 16.7. The van der Waals surface area contributed by atoms with Gasteiger partial charge in [-0.2, -0.15) is 0 Å². The van der Waals surface area contributed by atoms with Crippen LogP contribution in [0.15, 0.2) is 48.5 Å². The Morgan fingerprint density at radius 3 is 2.17 bits per heavy atom. The predicted octanol–water partition coefficient (Wildman–Crippen LogP) is 2.64. The molecule has 1 aliphatic rings. The summed E-state index contributed by atoms with van der Waals surface area (Å²) in [5.41, 5.74) is 1.29. The predicted molar refractivity (Wildman–Crippen MR) is 108 cm³/mol. The minimum atomic E-state index is -0.987. The fourth-order valence-electron chi connectivity index (χ4n) is 3.05. The van der Waals surface area contributed by atoms with Crippen LogP contribution < -0.4 is 10.1 Å². The summed E-state index contributed by atoms with van der Waals surface area (Å²) in [5, 5.41) is 2.65. The van der Waals surface area contributed by atoms with E-state index < -0.39 is 18.0 Å². The molecule has 2 aromatic rings. The number of hydrogen-bond donors (Lipinski definition) is 1. The Bertz CT molecular complexity index is 935. The van der Waals surface area contributed by atoms with Crippen LogP contribution in [-0.2, 0) is 14.3 Å². The summed E-state index contributed by atoms with van der Waals surface area (Å²) < 4.78 is 10.2. The fraction of sp³-hybridized carbons (Fsp3) is 0.273. The lowest BCUT2D eigenvalue weighted by molar-refractivity contribution is -0.153. The van der Waals surface area contributed by atoms with Gasteiger partial charge in [0.05, 0.1) is 18.2 Å². The molecule has 3 rings (SSSR count). The van der Waals surface area contributed by atoms with E-state index in [-0.39, 0.29) is 31.2 Å². The van der Waals surface area contributed by atoms with Crippen molar-refractivity contribution >= 4 is 29.4 Å². The van der Waals surface area contributed by atoms with E-state index in [0.717, 1.165) is 4.90 Å². The third-order valence-electron chi connectivity index (χ3n) is 4.68. The number of benzene rings is 2. The highest BCUT2D eigenvalue weighted by atomic mass is 16.5. The summed E-state index contributed by atoms with van der Waals surface area (Å²) >= 11 is 0. The molecule has 0 radical (unpaired) electrons. The summed E-state index contributed by atoms with van der Waals surface area (Å²) in [6.07, 6.45) is -0.760. The molecule has 3 amide bonds. The molecular weight excluding hydrogens is 388 g/mol. The molecule has 0 unspecified atom stereocenters. The number of anilines is 1. The van der Waals surface area contributed by atoms with Crippen LogP contribution in [0, 0.1) is 0 Å². The molecule has 8 heteroatoms. The van der Waals surface area contributed by atoms with E-state index in [1.54, 1.807) is 55.6 Å². The quantitative estimate of drug-likeness (QED) is 0.530. The van der Waals surface area contributed by atoms with E-state index in [1.807, 2.05) is 0 Å². The largest absolute Gasteiger partial charge is 0.497 e. The van der Waals surface area contributed by atoms with Gasteiger partial charge in [-0.1, -0.05) is 12.1 Å². The van der Waals surface area contributed by atoms with Crippen LogP contribution in [0.5, 0.6) is 5.75 Å². The molecule has 0 saturated carbocycles. The van der Waals surface area contributed by atoms with Crippen molar-refractivity contribution in [3.63, 3.8) is 0 Å². The number of carbonyl (C=O) groups excluding carboxylic acids is 4. The zero-order valence-electron chi connectivity index (χ0n) is 16.7. The third kappa shape index (κ3) is 4.65. The van der Waals surface area contributed by atoms with Crippen LogP contribution in [0.3, 0.4) is 0 Å². The summed E-state index contributed by atoms with van der Waals surface area (Å²) in [7, 11) is 1.55. The van der Waals surface area contributed by atoms with Crippen LogP contribution in [0.2, 0.25) is 0 Å². The first-order valence-electron chi connectivity index (χ1n) is 9.50. The maximum absolute atomic E-state index is 12.3. The highest BCUT2D eigenvalue weighted by Crippen LogP contribution is 2.22. The van der Waals surface area contributed by atoms with Gasteiger partial charge in [0.25, 0.3) is 17.7 Å². The molecule has 0 saturated heterocycles. The first-order valence-corrected chi connectivity index (χ1v) is 9.50. The van der Waals surface area contributed by atoms with Gasteiger partial charge in [0.15, 0.2) is 6.10 Å². The van der Waals surface area contributed by atoms with Gasteiger partial charge >= 0.3 is 5.97 Å². The van der Waals surface area contributed by atoms with Crippen molar-refractivity contribution in [2.24, 2.45) is 0 Å². The second-order valence-corrected chi connectivity index (χ2v) is 6.76. The van der Waals surface area contributed by atoms with Gasteiger partial charge in [-0.15, -0.1) is 0 Å². The summed E-state index contributed by atoms with van der Waals surface area (Å²) in [4.78, 5) is 49.9. The van der Waals surface area contributed by atoms with Crippen LogP contribution in [0.25, 0.3) is 0 Å². The van der Waals surface area contributed by atoms with E-state index in [1.165, 1.54) is 6.92 Å². The number of esters is 1. The molecule has 156 valence electrons. The second-order valence-electron chi connectivity index (χ2n) is 6.76. The lowest BCUT2D eigenvalue weighted by atomic mass is 10.1. The number of amides is 3. The van der Waals surface area contributed by atoms with Crippen molar-refractivity contribution in [3.05, 3.63) is 59.7 Å². The molecule has 0 aromatic heterocycles. The Kier molecular flexibility index (Phi) is 6.46. The topological polar surface area (TPSA) is 102 Å². The van der Waals surface area contributed by atoms with Crippen molar-refractivity contribution < 1.29 is 28.7 Å². The average Bonchev–Trinajstić information content (AvgIpc) is 2.99. The zero-order chi connectivity index (χ0) is 21.7. The van der Waals surface area contributed by atoms with E-state index in [9.17, 15) is 19.2 Å². The molecule has 0 aliphatic carbocycles. The lowest BCUT2D eigenvalue weighted by Crippen LogP contribution is -2.32. The Labute approximate surface area is 173 Å². The van der Waals surface area contributed by atoms with Gasteiger partial charge in [-0.05, 0) is 49.7 Å². The lowest BCUT2D eigenvalue weighted by Gasteiger charge is -2.15. The summed E-state index contributed by atoms with van der Waals surface area (Å²) in [5.74, 6) is -1.11. The van der Waals surface area contributed by atoms with Gasteiger partial charge in [-0.25, -0.2) is 0 Å². The normalized spacial score (nSPS) is 13.6. The maximum atomic E-state index is 12.3. The fourth-order valence-corrected chi connectivity index (χ4v) is 3.05. The molecule has 0 spiro atoms. The summed E-state index contributed by atoms with van der Waals surface area (Å²) in [6.45, 7) is 1.58. The standard InChI is InChI=1S/C22H22N2O6/c1-14(20(26)23-15-9-11-16(29-2)12-10-15)30-19(25)8-5-13-24-21(27)17-6-3-4-7-18(17)22(24)28/h3-4,6-7,9-12,14H,5,8,13H2,1-2H3,(H,23,26)/t14-/m1/s1. The van der Waals surface area contributed by atoms with E-state index in [2.05, 4.69) is 5.32 Å². The molecular formula is C22H22N2O6. The summed E-state index contributed by atoms with van der Waals surface area (Å²) in [6, 6.07) is 13.4. The van der Waals surface area contributed by atoms with Gasteiger partial charge in [0.1, 0.15) is 5.75 Å². The molecule has 0 fully saturated rings. The van der Waals surface area contributed by atoms with Crippen molar-refractivity contribution in [2.45, 2.75) is 25.9 Å². The van der Waals surface area contributed by atoms with Crippen molar-refractivity contribution in [3.8, 4) is 5.75 Å². The van der Waals surface area contributed by atoms with E-state index in [0.29, 0.717) is 22.6 Å². The van der Waals surface area contributed by atoms with Gasteiger partial charge < -0.3 is 14.8 Å². The Hall–Kier alpha value is -3.68. The smallest absolute Gasteiger partial charge is 0.306 e. The van der Waals surface area contributed by atoms with Gasteiger partial charge in [0.2, 0.25) is 0 Å². The number of fused-ring (bicyclic) bond motifs is 1. The highest BCUT2D eigenvalue weighted by Gasteiger charge is 2.34. The Morgan fingerprint density at radius 2 is 1.60 bits per heavy atom. The van der Waals surface area contributed by atoms with Crippen LogP contribution in [0.1, 0.15) is 40.5 Å². The minimum absolute atomic E-state index is 0.0203. The average molecular weight is 410 g/mol. The molecule has 8 nitrogen and oxygen atoms in total. The maximum Gasteiger partial charge on any atom is 0.306 e. The molecule has 1 heterocycles. The van der Waals surface area contributed by atoms with Gasteiger partial charge in [0, 0.05) is 18.7 Å². The SMILES string of the molecule is COc1ccc(NC(=O)[C@@H](C)OC(=O)CCCN2C(=O)c3ccccc3C2=O)cc1. The van der Waals surface area contributed by atoms with Crippen molar-refractivity contribution in [1.82, 2.24) is 4.90 Å².